The first-order chi connectivity index (χ1) is 8.13. The Morgan fingerprint density at radius 1 is 1.35 bits per heavy atom. The summed E-state index contributed by atoms with van der Waals surface area (Å²) in [5.74, 6) is 1.51. The number of hydrogen-bond acceptors (Lipinski definition) is 3. The Morgan fingerprint density at radius 3 is 2.82 bits per heavy atom. The molecule has 1 atom stereocenters. The molecular weight excluding hydrogens is 258 g/mol. The number of aryl methyl sites for hydroxylation is 1. The zero-order chi connectivity index (χ0) is 12.3. The molecule has 0 saturated heterocycles. The molecule has 0 N–H and O–H groups in total. The van der Waals surface area contributed by atoms with Crippen LogP contribution in [0.1, 0.15) is 17.0 Å². The molecule has 0 aliphatic rings. The van der Waals surface area contributed by atoms with Gasteiger partial charge in [-0.05, 0) is 24.6 Å². The lowest BCUT2D eigenvalue weighted by atomic mass is 10.2. The van der Waals surface area contributed by atoms with Crippen molar-refractivity contribution in [3.8, 4) is 0 Å². The van der Waals surface area contributed by atoms with Gasteiger partial charge in [-0.1, -0.05) is 28.9 Å². The van der Waals surface area contributed by atoms with Crippen LogP contribution in [-0.2, 0) is 22.3 Å². The van der Waals surface area contributed by atoms with Gasteiger partial charge in [-0.25, -0.2) is 0 Å². The van der Waals surface area contributed by atoms with E-state index in [-0.39, 0.29) is 0 Å². The second-order valence-electron chi connectivity index (χ2n) is 3.79. The molecule has 5 heteroatoms. The highest BCUT2D eigenvalue weighted by molar-refractivity contribution is 7.83. The predicted octanol–water partition coefficient (Wildman–Crippen LogP) is 3.09. The van der Waals surface area contributed by atoms with Gasteiger partial charge in [0.15, 0.2) is 0 Å². The summed E-state index contributed by atoms with van der Waals surface area (Å²) in [5, 5.41) is 4.42. The van der Waals surface area contributed by atoms with Crippen molar-refractivity contribution < 1.29 is 8.73 Å². The molecule has 0 unspecified atom stereocenters. The van der Waals surface area contributed by atoms with Crippen LogP contribution in [0.2, 0.25) is 5.02 Å². The van der Waals surface area contributed by atoms with Crippen LogP contribution in [0.15, 0.2) is 34.9 Å². The van der Waals surface area contributed by atoms with Gasteiger partial charge >= 0.3 is 0 Å². The minimum absolute atomic E-state index is 0.382. The maximum atomic E-state index is 11.9. The van der Waals surface area contributed by atoms with Gasteiger partial charge in [-0.15, -0.1) is 0 Å². The number of hydrogen-bond donors (Lipinski definition) is 0. The van der Waals surface area contributed by atoms with Crippen molar-refractivity contribution in [2.24, 2.45) is 0 Å². The Labute approximate surface area is 107 Å². The molecule has 0 amide bonds. The van der Waals surface area contributed by atoms with E-state index in [9.17, 15) is 4.21 Å². The van der Waals surface area contributed by atoms with Crippen molar-refractivity contribution in [1.29, 1.82) is 0 Å². The lowest BCUT2D eigenvalue weighted by Crippen LogP contribution is -1.98. The van der Waals surface area contributed by atoms with Gasteiger partial charge < -0.3 is 4.52 Å². The molecule has 0 fully saturated rings. The molecule has 0 aliphatic carbocycles. The molecule has 2 rings (SSSR count). The van der Waals surface area contributed by atoms with Crippen molar-refractivity contribution in [3.05, 3.63) is 52.4 Å². The van der Waals surface area contributed by atoms with Crippen molar-refractivity contribution in [2.45, 2.75) is 18.4 Å². The van der Waals surface area contributed by atoms with Crippen LogP contribution in [0.25, 0.3) is 0 Å². The van der Waals surface area contributed by atoms with E-state index >= 15 is 0 Å². The average molecular weight is 270 g/mol. The van der Waals surface area contributed by atoms with Gasteiger partial charge in [0.25, 0.3) is 0 Å². The van der Waals surface area contributed by atoms with E-state index in [4.69, 9.17) is 16.1 Å². The second kappa shape index (κ2) is 5.47. The van der Waals surface area contributed by atoms with Crippen LogP contribution < -0.4 is 0 Å². The lowest BCUT2D eigenvalue weighted by Gasteiger charge is -2.00. The fourth-order valence-corrected chi connectivity index (χ4v) is 2.83. The number of benzene rings is 1. The zero-order valence-electron chi connectivity index (χ0n) is 9.35. The Bertz CT molecular complexity index is 539. The third-order valence-electron chi connectivity index (χ3n) is 2.20. The van der Waals surface area contributed by atoms with Crippen molar-refractivity contribution in [2.75, 3.05) is 0 Å². The molecule has 0 saturated carbocycles. The highest BCUT2D eigenvalue weighted by Crippen LogP contribution is 2.14. The fraction of sp³-hybridized carbons (Fsp3) is 0.250. The van der Waals surface area contributed by atoms with Crippen LogP contribution in [0.5, 0.6) is 0 Å². The van der Waals surface area contributed by atoms with Gasteiger partial charge in [0.2, 0.25) is 0 Å². The Morgan fingerprint density at radius 2 is 2.18 bits per heavy atom. The van der Waals surface area contributed by atoms with E-state index in [1.807, 2.05) is 25.1 Å². The van der Waals surface area contributed by atoms with E-state index in [2.05, 4.69) is 5.16 Å². The standard InChI is InChI=1S/C12H12ClNO2S/c1-9-5-12(16-14-9)8-17(15)7-10-3-2-4-11(13)6-10/h2-6H,7-8H2,1H3/t17-/m1/s1. The summed E-state index contributed by atoms with van der Waals surface area (Å²) in [4.78, 5) is 0. The molecule has 90 valence electrons. The minimum Gasteiger partial charge on any atom is -0.360 e. The molecule has 17 heavy (non-hydrogen) atoms. The van der Waals surface area contributed by atoms with Gasteiger partial charge in [0.05, 0.1) is 11.4 Å². The van der Waals surface area contributed by atoms with Crippen LogP contribution >= 0.6 is 11.6 Å². The van der Waals surface area contributed by atoms with E-state index in [1.54, 1.807) is 12.1 Å². The van der Waals surface area contributed by atoms with Crippen molar-refractivity contribution in [1.82, 2.24) is 5.16 Å². The quantitative estimate of drug-likeness (QED) is 0.857. The fourth-order valence-electron chi connectivity index (χ4n) is 1.51. The van der Waals surface area contributed by atoms with Crippen molar-refractivity contribution in [3.63, 3.8) is 0 Å². The molecule has 1 aromatic carbocycles. The molecule has 2 aromatic rings. The monoisotopic (exact) mass is 269 g/mol. The summed E-state index contributed by atoms with van der Waals surface area (Å²) >= 11 is 5.86. The molecule has 3 nitrogen and oxygen atoms in total. The first kappa shape index (κ1) is 12.3. The van der Waals surface area contributed by atoms with Crippen LogP contribution in [-0.4, -0.2) is 9.37 Å². The van der Waals surface area contributed by atoms with Gasteiger partial charge in [-0.2, -0.15) is 0 Å². The minimum atomic E-state index is -1.01. The van der Waals surface area contributed by atoms with Crippen LogP contribution in [0.3, 0.4) is 0 Å². The maximum absolute atomic E-state index is 11.9. The number of rotatable bonds is 4. The Kier molecular flexibility index (Phi) is 3.97. The van der Waals surface area contributed by atoms with Gasteiger partial charge in [0.1, 0.15) is 5.76 Å². The normalized spacial score (nSPS) is 12.6. The molecule has 0 spiro atoms. The number of nitrogens with zero attached hydrogens (tertiary/aromatic N) is 1. The summed E-state index contributed by atoms with van der Waals surface area (Å²) in [6.07, 6.45) is 0. The van der Waals surface area contributed by atoms with E-state index in [1.165, 1.54) is 0 Å². The first-order valence-electron chi connectivity index (χ1n) is 5.15. The highest BCUT2D eigenvalue weighted by Gasteiger charge is 2.07. The first-order valence-corrected chi connectivity index (χ1v) is 7.02. The summed E-state index contributed by atoms with van der Waals surface area (Å²) < 4.78 is 16.9. The second-order valence-corrected chi connectivity index (χ2v) is 5.69. The topological polar surface area (TPSA) is 43.1 Å². The van der Waals surface area contributed by atoms with E-state index < -0.39 is 10.8 Å². The number of halogens is 1. The average Bonchev–Trinajstić information content (AvgIpc) is 2.63. The smallest absolute Gasteiger partial charge is 0.149 e. The van der Waals surface area contributed by atoms with Crippen molar-refractivity contribution >= 4 is 22.4 Å². The molecule has 0 bridgehead atoms. The van der Waals surface area contributed by atoms with E-state index in [0.29, 0.717) is 22.3 Å². The number of aromatic nitrogens is 1. The largest absolute Gasteiger partial charge is 0.360 e. The Hall–Kier alpha value is -1.13. The third-order valence-corrected chi connectivity index (χ3v) is 3.69. The summed E-state index contributed by atoms with van der Waals surface area (Å²) in [6.45, 7) is 1.84. The van der Waals surface area contributed by atoms with Gasteiger partial charge in [0, 0.05) is 27.6 Å². The molecule has 1 aromatic heterocycles. The SMILES string of the molecule is Cc1cc(C[S@](=O)Cc2cccc(Cl)c2)on1. The molecular formula is C12H12ClNO2S. The van der Waals surface area contributed by atoms with Gasteiger partial charge in [-0.3, -0.25) is 4.21 Å². The summed E-state index contributed by atoms with van der Waals surface area (Å²) in [6, 6.07) is 9.19. The Balaban J connectivity index is 1.98. The molecule has 0 radical (unpaired) electrons. The predicted molar refractivity (Wildman–Crippen MR) is 68.2 cm³/mol. The molecule has 0 aliphatic heterocycles. The van der Waals surface area contributed by atoms with Crippen LogP contribution in [0.4, 0.5) is 0 Å². The lowest BCUT2D eigenvalue weighted by molar-refractivity contribution is 0.390. The maximum Gasteiger partial charge on any atom is 0.149 e. The van der Waals surface area contributed by atoms with E-state index in [0.717, 1.165) is 11.3 Å². The highest BCUT2D eigenvalue weighted by atomic mass is 35.5. The summed E-state index contributed by atoms with van der Waals surface area (Å²) in [5.41, 5.74) is 1.77. The third kappa shape index (κ3) is 3.68. The summed E-state index contributed by atoms with van der Waals surface area (Å²) in [7, 11) is -1.01. The molecule has 1 heterocycles. The van der Waals surface area contributed by atoms with Crippen LogP contribution in [0, 0.1) is 6.92 Å². The zero-order valence-corrected chi connectivity index (χ0v) is 10.9.